The number of imidazole rings is 1. The molecule has 17 N–H and O–H groups in total. The quantitative estimate of drug-likeness (QED) is 0.00720. The normalized spacial score (nSPS) is 19.7. The summed E-state index contributed by atoms with van der Waals surface area (Å²) in [4.78, 5) is 144. The van der Waals surface area contributed by atoms with Crippen molar-refractivity contribution in [3.8, 4) is 0 Å². The number of anilines is 4. The standard InChI is InChI=1S/C66H103N15O37P6S4/c1-44(17-14-18-48(19-15-37-125(99,100)101)68-30-16-38-126(102,103)104)80(53-23-22-51-52(45(53)2)39-50(127(105,106)107)40-56(51)128(108,109)110)31-12-7-9-21-58(84)74-49-26-34-79(35-27-49)66-73-46(3)72-65(77-66)78-32-24-47(25-33-78)62(85)70-29-11-6-8-20-57(83)69-28-10-4-5-13-36-111-119(87,88)114-121(91,92)116-123(95,96)118-124(97,98)117-122(93,94)115-120(89,90)112-42-55-54(82)41-59(113-55)81-43-71-60-61(81)75-64(67)76-63(60)86/h14,17-18,22-23,39-40,43,47,49,54-55,59,82H,4-13,15-16,19-21,24-38,41-42H2,1-3H3,(H,69,83)(H,70,85)(H,74,84)(H,87,88)(H,89,90)(H,91,92)(H,93,94)(H,95,96)(H,97,98)(H,99,100,101)(H,102,103,104)(H,105,106,107)(H,108,109,110)(H3,67,75,76,86)/b18-14+,44-17+,68-48?/t54-,55-,59-/m1/s1. The average Bonchev–Trinajstić information content (AvgIpc) is 1.13. The number of carbonyl (C=O) groups is 3. The van der Waals surface area contributed by atoms with Gasteiger partial charge in [0, 0.05) is 106 Å². The zero-order valence-electron chi connectivity index (χ0n) is 69.0. The van der Waals surface area contributed by atoms with Crippen LogP contribution in [0.25, 0.3) is 21.9 Å². The van der Waals surface area contributed by atoms with Gasteiger partial charge in [-0.1, -0.05) is 37.8 Å². The van der Waals surface area contributed by atoms with Crippen LogP contribution in [0.1, 0.15) is 153 Å². The summed E-state index contributed by atoms with van der Waals surface area (Å²) >= 11 is 0. The summed E-state index contributed by atoms with van der Waals surface area (Å²) in [5.74, 6) is -0.734. The highest BCUT2D eigenvalue weighted by molar-refractivity contribution is 7.87. The number of aromatic nitrogens is 7. The number of benzene rings is 2. The van der Waals surface area contributed by atoms with Crippen molar-refractivity contribution in [2.75, 3.05) is 97.5 Å². The molecule has 0 bridgehead atoms. The van der Waals surface area contributed by atoms with Gasteiger partial charge in [-0.2, -0.15) is 75.2 Å². The Balaban J connectivity index is 0.673. The van der Waals surface area contributed by atoms with Crippen LogP contribution in [0.4, 0.5) is 23.5 Å². The van der Waals surface area contributed by atoms with Gasteiger partial charge >= 0.3 is 46.9 Å². The fourth-order valence-corrected chi connectivity index (χ4v) is 23.8. The Hall–Kier alpha value is -6.76. The Labute approximate surface area is 734 Å². The Morgan fingerprint density at radius 3 is 1.79 bits per heavy atom. The lowest BCUT2D eigenvalue weighted by molar-refractivity contribution is -0.125. The molecule has 0 saturated carbocycles. The van der Waals surface area contributed by atoms with E-state index >= 15 is 0 Å². The number of fused-ring (bicyclic) bond motifs is 2. The number of aliphatic hydroxyl groups excluding tert-OH is 1. The van der Waals surface area contributed by atoms with Crippen molar-refractivity contribution in [3.63, 3.8) is 0 Å². The van der Waals surface area contributed by atoms with E-state index in [1.165, 1.54) is 10.6 Å². The minimum atomic E-state index is -6.55. The van der Waals surface area contributed by atoms with Crippen LogP contribution in [0.5, 0.6) is 0 Å². The molecule has 6 heterocycles. The van der Waals surface area contributed by atoms with Crippen molar-refractivity contribution in [2.45, 2.75) is 183 Å². The molecule has 128 heavy (non-hydrogen) atoms. The number of allylic oxidation sites excluding steroid dienone is 4. The average molecular weight is 2010 g/mol. The first-order valence-electron chi connectivity index (χ1n) is 39.6. The molecule has 3 aliphatic rings. The van der Waals surface area contributed by atoms with E-state index in [0.717, 1.165) is 12.4 Å². The van der Waals surface area contributed by atoms with Gasteiger partial charge < -0.3 is 75.6 Å². The van der Waals surface area contributed by atoms with Gasteiger partial charge in [-0.15, -0.1) is 0 Å². The maximum absolute atomic E-state index is 13.4. The van der Waals surface area contributed by atoms with Crippen LogP contribution >= 0.6 is 46.9 Å². The molecule has 52 nitrogen and oxygen atoms in total. The molecule has 0 aliphatic carbocycles. The number of aryl methyl sites for hydroxylation is 2. The summed E-state index contributed by atoms with van der Waals surface area (Å²) in [6.45, 7) is 6.35. The van der Waals surface area contributed by atoms with Crippen molar-refractivity contribution in [2.24, 2.45) is 10.9 Å². The highest BCUT2D eigenvalue weighted by Gasteiger charge is 2.50. The number of nitrogens with zero attached hydrogens (tertiary/aromatic N) is 10. The maximum atomic E-state index is 13.4. The number of hydrogen-bond acceptors (Lipinski definition) is 37. The number of unbranched alkanes of at least 4 members (excludes halogenated alkanes) is 7. The van der Waals surface area contributed by atoms with Gasteiger partial charge in [0.15, 0.2) is 11.2 Å². The van der Waals surface area contributed by atoms with Crippen LogP contribution in [-0.2, 0) is 118 Å². The molecule has 62 heteroatoms. The number of hydrogen-bond donors (Lipinski definition) is 16. The number of carbonyl (C=O) groups excluding carboxylic acids is 3. The molecule has 0 radical (unpaired) electrons. The van der Waals surface area contributed by atoms with Crippen LogP contribution in [0.15, 0.2) is 74.1 Å². The SMILES string of the molecule is C/C(=C\C=C\C(CCCS(=O)(=O)O)=NCCCS(=O)(=O)O)N(CCCCCC(=O)NC1CCN(c2nc(C)nc(N3CCC(C(=O)NCCCCCC(=O)NCCCCCCOP(=O)(O)OP(=O)(O)OP(=O)(O)OP(=O)(O)OP(=O)(O)OP(=O)(O)OC[C@H]4O[C@@H](n5cnc6c(=O)[nH]c(N)nc65)C[C@H]4O)CC3)n2)CC1)c1ccc2c(S(=O)(=O)O)cc(S(=O)(=O)O)cc2c1C. The minimum Gasteiger partial charge on any atom is -0.390 e. The monoisotopic (exact) mass is 2010 g/mol. The lowest BCUT2D eigenvalue weighted by Crippen LogP contribution is -2.45. The van der Waals surface area contributed by atoms with E-state index in [2.05, 4.69) is 76.5 Å². The zero-order valence-corrected chi connectivity index (χ0v) is 77.7. The van der Waals surface area contributed by atoms with E-state index in [0.29, 0.717) is 169 Å². The number of ether oxygens (including phenoxy) is 1. The number of phosphoric ester groups is 2. The van der Waals surface area contributed by atoms with E-state index in [4.69, 9.17) is 15.5 Å². The first kappa shape index (κ1) is 107. The molecule has 5 aromatic rings. The van der Waals surface area contributed by atoms with E-state index < -0.39 is 146 Å². The number of nitrogens with two attached hydrogens (primary N) is 1. The number of nitrogens with one attached hydrogen (secondary N) is 4. The minimum absolute atomic E-state index is 0.0157. The molecule has 3 saturated heterocycles. The molecule has 3 aromatic heterocycles. The molecular formula is C66H103N15O37P6S4. The largest absolute Gasteiger partial charge is 0.490 e. The fourth-order valence-electron chi connectivity index (χ4n) is 13.6. The third kappa shape index (κ3) is 35.3. The van der Waals surface area contributed by atoms with Crippen LogP contribution < -0.4 is 41.9 Å². The molecule has 8 rings (SSSR count). The molecule has 3 fully saturated rings. The molecular weight excluding hydrogens is 1910 g/mol. The highest BCUT2D eigenvalue weighted by Crippen LogP contribution is 2.75. The van der Waals surface area contributed by atoms with Gasteiger partial charge in [-0.05, 0) is 146 Å². The van der Waals surface area contributed by atoms with E-state index in [9.17, 15) is 133 Å². The molecule has 3 amide bonds. The van der Waals surface area contributed by atoms with E-state index in [1.54, 1.807) is 45.1 Å². The third-order valence-electron chi connectivity index (χ3n) is 19.7. The number of amides is 3. The van der Waals surface area contributed by atoms with Gasteiger partial charge in [-0.3, -0.25) is 61.0 Å². The van der Waals surface area contributed by atoms with Crippen molar-refractivity contribution in [3.05, 3.63) is 76.3 Å². The Morgan fingerprint density at radius 1 is 0.648 bits per heavy atom. The lowest BCUT2D eigenvalue weighted by atomic mass is 9.96. The van der Waals surface area contributed by atoms with Gasteiger partial charge in [0.05, 0.1) is 42.0 Å². The number of piperidine rings is 2. The van der Waals surface area contributed by atoms with Crippen LogP contribution in [0.2, 0.25) is 0 Å². The van der Waals surface area contributed by atoms with Gasteiger partial charge in [0.2, 0.25) is 35.6 Å². The summed E-state index contributed by atoms with van der Waals surface area (Å²) in [6, 6.07) is 4.54. The first-order valence-corrected chi connectivity index (χ1v) is 54.6. The number of phosphoric acid groups is 6. The summed E-state index contributed by atoms with van der Waals surface area (Å²) in [5, 5.41) is 19.4. The molecule has 2 aromatic carbocycles. The number of H-pyrrole nitrogens is 1. The smallest absolute Gasteiger partial charge is 0.390 e. The zero-order chi connectivity index (χ0) is 94.6. The van der Waals surface area contributed by atoms with Gasteiger partial charge in [0.1, 0.15) is 23.1 Å². The number of aliphatic hydroxyl groups is 1. The Kier molecular flexibility index (Phi) is 38.5. The predicted octanol–water partition coefficient (Wildman–Crippen LogP) is 5.79. The van der Waals surface area contributed by atoms with Crippen molar-refractivity contribution < 1.29 is 163 Å². The Bertz CT molecular complexity index is 5750. The summed E-state index contributed by atoms with van der Waals surface area (Å²) in [7, 11) is -55.9. The highest BCUT2D eigenvalue weighted by atomic mass is 32.2. The van der Waals surface area contributed by atoms with Crippen LogP contribution in [-0.4, -0.2) is 240 Å². The molecule has 0 spiro atoms. The predicted molar refractivity (Wildman–Crippen MR) is 455 cm³/mol. The second-order valence-corrected chi connectivity index (χ2v) is 45.1. The number of aromatic amines is 1. The van der Waals surface area contributed by atoms with Crippen LogP contribution in [0, 0.1) is 19.8 Å². The van der Waals surface area contributed by atoms with Crippen molar-refractivity contribution in [1.29, 1.82) is 0 Å². The second kappa shape index (κ2) is 46.3. The van der Waals surface area contributed by atoms with Gasteiger partial charge in [0.25, 0.3) is 46.0 Å². The summed E-state index contributed by atoms with van der Waals surface area (Å²) in [5.41, 5.74) is 6.35. The molecule has 9 atom stereocenters. The summed E-state index contributed by atoms with van der Waals surface area (Å²) < 4.78 is 243. The molecule has 718 valence electrons. The number of rotatable bonds is 52. The van der Waals surface area contributed by atoms with E-state index in [1.807, 2.05) is 14.7 Å². The number of nitrogen functional groups attached to an aromatic ring is 1. The third-order valence-corrected chi connectivity index (χ3v) is 32.2. The summed E-state index contributed by atoms with van der Waals surface area (Å²) in [6.07, 6.45) is 8.65. The van der Waals surface area contributed by atoms with Crippen LogP contribution in [0.3, 0.4) is 0 Å². The van der Waals surface area contributed by atoms with Gasteiger partial charge in [-0.25, -0.2) is 32.4 Å². The topological polar surface area (TPSA) is 773 Å². The fraction of sp³-hybridized carbons (Fsp3) is 0.606. The molecule has 3 aliphatic heterocycles. The van der Waals surface area contributed by atoms with Crippen molar-refractivity contribution in [1.82, 2.24) is 50.4 Å². The number of aliphatic imine (C=N–C) groups is 1. The van der Waals surface area contributed by atoms with Crippen molar-refractivity contribution >= 4 is 156 Å². The maximum Gasteiger partial charge on any atom is 0.490 e. The Morgan fingerprint density at radius 2 is 1.20 bits per heavy atom. The lowest BCUT2D eigenvalue weighted by Gasteiger charge is -2.34. The first-order chi connectivity index (χ1) is 59.5. The molecule has 6 unspecified atom stereocenters. The van der Waals surface area contributed by atoms with E-state index in [-0.39, 0.29) is 116 Å². The second-order valence-electron chi connectivity index (χ2n) is 29.7.